The quantitative estimate of drug-likeness (QED) is 0.565. The fourth-order valence-electron chi connectivity index (χ4n) is 3.98. The predicted octanol–water partition coefficient (Wildman–Crippen LogP) is 2.11. The van der Waals surface area contributed by atoms with Crippen molar-refractivity contribution in [2.45, 2.75) is 53.1 Å². The number of nitrogens with one attached hydrogen (secondary N) is 2. The molecule has 1 amide bonds. The SMILES string of the molecule is CCNC(=NCC(=O)N1CCc2ccccc2C1)NC(C)Cc1c(C)nn(C)c1C. The smallest absolute Gasteiger partial charge is 0.244 e. The Kier molecular flexibility index (Phi) is 7.13. The Labute approximate surface area is 179 Å². The summed E-state index contributed by atoms with van der Waals surface area (Å²) in [7, 11) is 1.97. The molecule has 2 aromatic rings. The first-order chi connectivity index (χ1) is 14.4. The number of fused-ring (bicyclic) bond motifs is 1. The molecule has 0 aliphatic carbocycles. The zero-order valence-corrected chi connectivity index (χ0v) is 18.8. The molecule has 7 nitrogen and oxygen atoms in total. The van der Waals surface area contributed by atoms with Crippen molar-refractivity contribution in [3.63, 3.8) is 0 Å². The molecule has 0 saturated carbocycles. The van der Waals surface area contributed by atoms with Gasteiger partial charge in [-0.2, -0.15) is 5.10 Å². The van der Waals surface area contributed by atoms with Gasteiger partial charge in [-0.25, -0.2) is 4.99 Å². The van der Waals surface area contributed by atoms with Gasteiger partial charge in [0.05, 0.1) is 5.69 Å². The molecule has 1 unspecified atom stereocenters. The van der Waals surface area contributed by atoms with Crippen LogP contribution in [0, 0.1) is 13.8 Å². The third-order valence-corrected chi connectivity index (χ3v) is 5.75. The zero-order valence-electron chi connectivity index (χ0n) is 18.8. The van der Waals surface area contributed by atoms with Crippen LogP contribution >= 0.6 is 0 Å². The number of aryl methyl sites for hydroxylation is 2. The van der Waals surface area contributed by atoms with Gasteiger partial charge in [-0.1, -0.05) is 24.3 Å². The molecule has 1 aromatic heterocycles. The molecule has 2 N–H and O–H groups in total. The van der Waals surface area contributed by atoms with Crippen LogP contribution in [0.1, 0.15) is 41.9 Å². The van der Waals surface area contributed by atoms with E-state index < -0.39 is 0 Å². The van der Waals surface area contributed by atoms with Crippen molar-refractivity contribution in [1.29, 1.82) is 0 Å². The lowest BCUT2D eigenvalue weighted by molar-refractivity contribution is -0.130. The van der Waals surface area contributed by atoms with Crippen LogP contribution in [0.4, 0.5) is 0 Å². The molecular weight excluding hydrogens is 376 g/mol. The van der Waals surface area contributed by atoms with Crippen molar-refractivity contribution < 1.29 is 4.79 Å². The van der Waals surface area contributed by atoms with Crippen LogP contribution in [0.15, 0.2) is 29.3 Å². The Bertz CT molecular complexity index is 916. The molecule has 2 heterocycles. The first kappa shape index (κ1) is 21.9. The molecule has 0 saturated heterocycles. The summed E-state index contributed by atoms with van der Waals surface area (Å²) in [4.78, 5) is 19.2. The third kappa shape index (κ3) is 5.20. The van der Waals surface area contributed by atoms with Crippen LogP contribution in [-0.4, -0.2) is 52.2 Å². The van der Waals surface area contributed by atoms with Crippen LogP contribution < -0.4 is 10.6 Å². The van der Waals surface area contributed by atoms with Gasteiger partial charge in [0, 0.05) is 38.4 Å². The molecule has 1 atom stereocenters. The van der Waals surface area contributed by atoms with Gasteiger partial charge in [-0.05, 0) is 57.2 Å². The number of nitrogens with zero attached hydrogens (tertiary/aromatic N) is 4. The second-order valence-electron chi connectivity index (χ2n) is 8.05. The number of carbonyl (C=O) groups is 1. The highest BCUT2D eigenvalue weighted by atomic mass is 16.2. The molecule has 0 spiro atoms. The first-order valence-corrected chi connectivity index (χ1v) is 10.8. The number of amides is 1. The zero-order chi connectivity index (χ0) is 21.7. The van der Waals surface area contributed by atoms with E-state index >= 15 is 0 Å². The number of carbonyl (C=O) groups excluding carboxylic acids is 1. The second-order valence-corrected chi connectivity index (χ2v) is 8.05. The normalized spacial score (nSPS) is 15.0. The predicted molar refractivity (Wildman–Crippen MR) is 121 cm³/mol. The fourth-order valence-corrected chi connectivity index (χ4v) is 3.98. The van der Waals surface area contributed by atoms with Gasteiger partial charge in [0.25, 0.3) is 0 Å². The van der Waals surface area contributed by atoms with E-state index in [-0.39, 0.29) is 18.5 Å². The number of aromatic nitrogens is 2. The third-order valence-electron chi connectivity index (χ3n) is 5.75. The van der Waals surface area contributed by atoms with Crippen molar-refractivity contribution in [2.75, 3.05) is 19.6 Å². The van der Waals surface area contributed by atoms with Crippen molar-refractivity contribution in [2.24, 2.45) is 12.0 Å². The van der Waals surface area contributed by atoms with Crippen molar-refractivity contribution in [1.82, 2.24) is 25.3 Å². The minimum Gasteiger partial charge on any atom is -0.357 e. The molecule has 0 fully saturated rings. The molecule has 30 heavy (non-hydrogen) atoms. The van der Waals surface area contributed by atoms with E-state index in [0.717, 1.165) is 31.6 Å². The lowest BCUT2D eigenvalue weighted by Crippen LogP contribution is -2.44. The van der Waals surface area contributed by atoms with E-state index in [1.807, 2.05) is 36.5 Å². The Morgan fingerprint density at radius 3 is 2.67 bits per heavy atom. The van der Waals surface area contributed by atoms with Crippen molar-refractivity contribution in [3.05, 3.63) is 52.3 Å². The summed E-state index contributed by atoms with van der Waals surface area (Å²) in [5.74, 6) is 0.739. The monoisotopic (exact) mass is 410 g/mol. The van der Waals surface area contributed by atoms with E-state index in [4.69, 9.17) is 0 Å². The topological polar surface area (TPSA) is 74.6 Å². The molecule has 1 aliphatic heterocycles. The minimum absolute atomic E-state index is 0.0632. The van der Waals surface area contributed by atoms with E-state index in [2.05, 4.69) is 52.8 Å². The molecular formula is C23H34N6O. The van der Waals surface area contributed by atoms with Gasteiger partial charge < -0.3 is 15.5 Å². The van der Waals surface area contributed by atoms with Gasteiger partial charge in [0.15, 0.2) is 5.96 Å². The van der Waals surface area contributed by atoms with Crippen LogP contribution in [0.5, 0.6) is 0 Å². The summed E-state index contributed by atoms with van der Waals surface area (Å²) in [6, 6.07) is 8.51. The van der Waals surface area contributed by atoms with E-state index in [1.54, 1.807) is 0 Å². The number of hydrogen-bond acceptors (Lipinski definition) is 3. The van der Waals surface area contributed by atoms with Crippen LogP contribution in [0.2, 0.25) is 0 Å². The maximum absolute atomic E-state index is 12.7. The van der Waals surface area contributed by atoms with Gasteiger partial charge in [-0.15, -0.1) is 0 Å². The van der Waals surface area contributed by atoms with Crippen molar-refractivity contribution >= 4 is 11.9 Å². The van der Waals surface area contributed by atoms with Crippen molar-refractivity contribution in [3.8, 4) is 0 Å². The van der Waals surface area contributed by atoms with Gasteiger partial charge in [0.1, 0.15) is 6.54 Å². The average molecular weight is 411 g/mol. The standard InChI is InChI=1S/C23H34N6O/c1-6-24-23(26-16(2)13-21-17(3)27-28(5)18(21)4)25-14-22(30)29-12-11-19-9-7-8-10-20(19)15-29/h7-10,16H,6,11-15H2,1-5H3,(H2,24,25,26). The van der Waals surface area contributed by atoms with Crippen LogP contribution in [-0.2, 0) is 31.2 Å². The highest BCUT2D eigenvalue weighted by Gasteiger charge is 2.20. The molecule has 1 aromatic carbocycles. The highest BCUT2D eigenvalue weighted by molar-refractivity contribution is 5.85. The van der Waals surface area contributed by atoms with Crippen LogP contribution in [0.3, 0.4) is 0 Å². The number of benzene rings is 1. The first-order valence-electron chi connectivity index (χ1n) is 10.8. The van der Waals surface area contributed by atoms with Gasteiger partial charge in [0.2, 0.25) is 5.91 Å². The average Bonchev–Trinajstić information content (AvgIpc) is 2.97. The molecule has 0 radical (unpaired) electrons. The number of aliphatic imine (C=N–C) groups is 1. The minimum atomic E-state index is 0.0632. The molecule has 162 valence electrons. The largest absolute Gasteiger partial charge is 0.357 e. The molecule has 1 aliphatic rings. The maximum atomic E-state index is 12.7. The summed E-state index contributed by atoms with van der Waals surface area (Å²) in [6.07, 6.45) is 1.76. The summed E-state index contributed by atoms with van der Waals surface area (Å²) in [6.45, 7) is 10.6. The Hall–Kier alpha value is -2.83. The van der Waals surface area contributed by atoms with E-state index in [0.29, 0.717) is 12.5 Å². The lowest BCUT2D eigenvalue weighted by Gasteiger charge is -2.28. The molecule has 3 rings (SSSR count). The highest BCUT2D eigenvalue weighted by Crippen LogP contribution is 2.18. The number of rotatable bonds is 6. The summed E-state index contributed by atoms with van der Waals surface area (Å²) >= 11 is 0. The number of guanidine groups is 1. The number of hydrogen-bond donors (Lipinski definition) is 2. The Balaban J connectivity index is 1.59. The van der Waals surface area contributed by atoms with Crippen LogP contribution in [0.25, 0.3) is 0 Å². The molecule has 0 bridgehead atoms. The van der Waals surface area contributed by atoms with Gasteiger partial charge >= 0.3 is 0 Å². The molecule has 7 heteroatoms. The van der Waals surface area contributed by atoms with E-state index in [1.165, 1.54) is 22.4 Å². The Morgan fingerprint density at radius 1 is 1.27 bits per heavy atom. The van der Waals surface area contributed by atoms with E-state index in [9.17, 15) is 4.79 Å². The summed E-state index contributed by atoms with van der Waals surface area (Å²) in [5.41, 5.74) is 6.09. The lowest BCUT2D eigenvalue weighted by atomic mass is 10.00. The fraction of sp³-hybridized carbons (Fsp3) is 0.522. The maximum Gasteiger partial charge on any atom is 0.244 e. The van der Waals surface area contributed by atoms with Gasteiger partial charge in [-0.3, -0.25) is 9.48 Å². The second kappa shape index (κ2) is 9.78. The Morgan fingerprint density at radius 2 is 2.00 bits per heavy atom. The summed E-state index contributed by atoms with van der Waals surface area (Å²) < 4.78 is 1.92. The summed E-state index contributed by atoms with van der Waals surface area (Å²) in [5, 5.41) is 11.2.